The zero-order chi connectivity index (χ0) is 13.8. The van der Waals surface area contributed by atoms with Crippen LogP contribution < -0.4 is 5.32 Å². The van der Waals surface area contributed by atoms with Crippen molar-refractivity contribution < 1.29 is 4.79 Å². The van der Waals surface area contributed by atoms with Gasteiger partial charge in [0.25, 0.3) is 5.91 Å². The van der Waals surface area contributed by atoms with Crippen LogP contribution in [0.1, 0.15) is 21.7 Å². The van der Waals surface area contributed by atoms with Gasteiger partial charge in [-0.25, -0.2) is 0 Å². The van der Waals surface area contributed by atoms with E-state index in [1.54, 1.807) is 30.6 Å². The van der Waals surface area contributed by atoms with Crippen LogP contribution in [-0.2, 0) is 6.54 Å². The van der Waals surface area contributed by atoms with Crippen molar-refractivity contribution >= 4 is 33.4 Å². The normalized spacial score (nSPS) is 10.3. The van der Waals surface area contributed by atoms with E-state index in [0.717, 1.165) is 10.2 Å². The Kier molecular flexibility index (Phi) is 4.50. The van der Waals surface area contributed by atoms with Crippen LogP contribution in [0.5, 0.6) is 0 Å². The monoisotopic (exact) mass is 339 g/mol. The van der Waals surface area contributed by atoms with Gasteiger partial charge in [-0.2, -0.15) is 0 Å². The molecule has 4 nitrogen and oxygen atoms in total. The average Bonchev–Trinajstić information content (AvgIpc) is 2.41. The van der Waals surface area contributed by atoms with Gasteiger partial charge in [-0.1, -0.05) is 11.6 Å². The van der Waals surface area contributed by atoms with Crippen molar-refractivity contribution in [3.05, 3.63) is 57.0 Å². The molecule has 0 spiro atoms. The molecule has 1 aromatic carbocycles. The Bertz CT molecular complexity index is 601. The molecule has 2 aromatic rings. The van der Waals surface area contributed by atoms with Crippen molar-refractivity contribution in [2.24, 2.45) is 0 Å². The predicted octanol–water partition coefficient (Wildman–Crippen LogP) is 3.13. The van der Waals surface area contributed by atoms with Crippen molar-refractivity contribution in [2.45, 2.75) is 13.5 Å². The Balaban J connectivity index is 2.01. The van der Waals surface area contributed by atoms with Gasteiger partial charge in [-0.05, 0) is 41.1 Å². The first-order valence-corrected chi connectivity index (χ1v) is 6.74. The zero-order valence-corrected chi connectivity index (χ0v) is 12.5. The maximum absolute atomic E-state index is 11.9. The van der Waals surface area contributed by atoms with E-state index in [2.05, 4.69) is 31.2 Å². The molecule has 1 amide bonds. The minimum Gasteiger partial charge on any atom is -0.346 e. The van der Waals surface area contributed by atoms with Crippen LogP contribution in [-0.4, -0.2) is 15.9 Å². The Hall–Kier alpha value is -1.46. The van der Waals surface area contributed by atoms with Gasteiger partial charge >= 0.3 is 0 Å². The third-order valence-electron chi connectivity index (χ3n) is 2.45. The Morgan fingerprint density at radius 3 is 2.79 bits per heavy atom. The van der Waals surface area contributed by atoms with Crippen LogP contribution in [0, 0.1) is 6.92 Å². The fraction of sp³-hybridized carbons (Fsp3) is 0.154. The second kappa shape index (κ2) is 6.12. The molecule has 6 heteroatoms. The second-order valence-electron chi connectivity index (χ2n) is 3.96. The first-order chi connectivity index (χ1) is 9.06. The lowest BCUT2D eigenvalue weighted by Gasteiger charge is -2.06. The van der Waals surface area contributed by atoms with E-state index in [1.165, 1.54) is 0 Å². The van der Waals surface area contributed by atoms with E-state index in [0.29, 0.717) is 22.8 Å². The molecule has 1 heterocycles. The van der Waals surface area contributed by atoms with Crippen LogP contribution in [0.15, 0.2) is 35.1 Å². The third-order valence-corrected chi connectivity index (χ3v) is 3.68. The number of aryl methyl sites for hydroxylation is 1. The number of rotatable bonds is 3. The highest BCUT2D eigenvalue weighted by molar-refractivity contribution is 9.10. The van der Waals surface area contributed by atoms with Gasteiger partial charge in [-0.15, -0.1) is 0 Å². The van der Waals surface area contributed by atoms with Gasteiger partial charge in [0.2, 0.25) is 0 Å². The summed E-state index contributed by atoms with van der Waals surface area (Å²) in [6.07, 6.45) is 3.31. The number of halogens is 2. The van der Waals surface area contributed by atoms with E-state index in [9.17, 15) is 4.79 Å². The molecule has 0 aliphatic heterocycles. The molecule has 0 saturated heterocycles. The number of carbonyl (C=O) groups is 1. The average molecular weight is 341 g/mol. The molecule has 0 bridgehead atoms. The summed E-state index contributed by atoms with van der Waals surface area (Å²) in [5.41, 5.74) is 2.06. The summed E-state index contributed by atoms with van der Waals surface area (Å²) in [4.78, 5) is 20.2. The topological polar surface area (TPSA) is 54.9 Å². The van der Waals surface area contributed by atoms with Crippen molar-refractivity contribution in [3.63, 3.8) is 0 Å². The van der Waals surface area contributed by atoms with Gasteiger partial charge < -0.3 is 5.32 Å². The smallest absolute Gasteiger partial charge is 0.251 e. The van der Waals surface area contributed by atoms with Gasteiger partial charge in [0.15, 0.2) is 0 Å². The summed E-state index contributed by atoms with van der Waals surface area (Å²) in [7, 11) is 0. The predicted molar refractivity (Wildman–Crippen MR) is 77.1 cm³/mol. The number of amides is 1. The van der Waals surface area contributed by atoms with Crippen LogP contribution in [0.3, 0.4) is 0 Å². The first-order valence-electron chi connectivity index (χ1n) is 5.57. The van der Waals surface area contributed by atoms with Crippen molar-refractivity contribution in [2.75, 3.05) is 0 Å². The maximum atomic E-state index is 11.9. The second-order valence-corrected chi connectivity index (χ2v) is 5.22. The summed E-state index contributed by atoms with van der Waals surface area (Å²) >= 11 is 9.22. The molecule has 1 aromatic heterocycles. The zero-order valence-electron chi connectivity index (χ0n) is 10.2. The highest BCUT2D eigenvalue weighted by Gasteiger charge is 2.08. The minimum atomic E-state index is -0.197. The van der Waals surface area contributed by atoms with E-state index in [-0.39, 0.29) is 5.91 Å². The molecule has 0 saturated carbocycles. The highest BCUT2D eigenvalue weighted by atomic mass is 79.9. The summed E-state index contributed by atoms with van der Waals surface area (Å²) in [6, 6.07) is 5.05. The van der Waals surface area contributed by atoms with Crippen LogP contribution in [0.25, 0.3) is 0 Å². The van der Waals surface area contributed by atoms with E-state index in [1.807, 2.05) is 6.92 Å². The number of hydrogen-bond acceptors (Lipinski definition) is 3. The number of nitrogens with zero attached hydrogens (tertiary/aromatic N) is 2. The summed E-state index contributed by atoms with van der Waals surface area (Å²) in [5.74, 6) is -0.197. The fourth-order valence-corrected chi connectivity index (χ4v) is 1.85. The SMILES string of the molecule is Cc1cnc(CNC(=O)c2ccc(Br)c(Cl)c2)cn1. The molecule has 0 atom stereocenters. The Morgan fingerprint density at radius 2 is 2.16 bits per heavy atom. The third kappa shape index (κ3) is 3.75. The number of carbonyl (C=O) groups excluding carboxylic acids is 1. The number of benzene rings is 1. The van der Waals surface area contributed by atoms with Crippen molar-refractivity contribution in [1.29, 1.82) is 0 Å². The van der Waals surface area contributed by atoms with Crippen molar-refractivity contribution in [1.82, 2.24) is 15.3 Å². The Labute approximate surface area is 124 Å². The lowest BCUT2D eigenvalue weighted by atomic mass is 10.2. The molecular formula is C13H11BrClN3O. The fourth-order valence-electron chi connectivity index (χ4n) is 1.42. The largest absolute Gasteiger partial charge is 0.346 e. The molecule has 2 rings (SSSR count). The molecule has 0 aliphatic carbocycles. The number of hydrogen-bond donors (Lipinski definition) is 1. The van der Waals surface area contributed by atoms with Crippen LogP contribution in [0.4, 0.5) is 0 Å². The highest BCUT2D eigenvalue weighted by Crippen LogP contribution is 2.23. The molecule has 0 fully saturated rings. The Morgan fingerprint density at radius 1 is 1.37 bits per heavy atom. The molecule has 98 valence electrons. The quantitative estimate of drug-likeness (QED) is 0.934. The van der Waals surface area contributed by atoms with Crippen molar-refractivity contribution in [3.8, 4) is 0 Å². The molecule has 19 heavy (non-hydrogen) atoms. The lowest BCUT2D eigenvalue weighted by Crippen LogP contribution is -2.23. The van der Waals surface area contributed by atoms with E-state index < -0.39 is 0 Å². The first kappa shape index (κ1) is 14.0. The van der Waals surface area contributed by atoms with Gasteiger partial charge in [-0.3, -0.25) is 14.8 Å². The maximum Gasteiger partial charge on any atom is 0.251 e. The summed E-state index contributed by atoms with van der Waals surface area (Å²) < 4.78 is 0.759. The van der Waals surface area contributed by atoms with E-state index >= 15 is 0 Å². The number of nitrogens with one attached hydrogen (secondary N) is 1. The van der Waals surface area contributed by atoms with Gasteiger partial charge in [0.1, 0.15) is 0 Å². The molecular weight excluding hydrogens is 330 g/mol. The standard InChI is InChI=1S/C13H11BrClN3O/c1-8-5-17-10(6-16-8)7-18-13(19)9-2-3-11(14)12(15)4-9/h2-6H,7H2,1H3,(H,18,19). The summed E-state index contributed by atoms with van der Waals surface area (Å²) in [6.45, 7) is 2.19. The summed E-state index contributed by atoms with van der Waals surface area (Å²) in [5, 5.41) is 3.27. The minimum absolute atomic E-state index is 0.197. The van der Waals surface area contributed by atoms with Gasteiger partial charge in [0.05, 0.1) is 29.2 Å². The van der Waals surface area contributed by atoms with Crippen LogP contribution >= 0.6 is 27.5 Å². The molecule has 0 aliphatic rings. The van der Waals surface area contributed by atoms with Gasteiger partial charge in [0, 0.05) is 16.2 Å². The van der Waals surface area contributed by atoms with E-state index in [4.69, 9.17) is 11.6 Å². The van der Waals surface area contributed by atoms with Crippen LogP contribution in [0.2, 0.25) is 5.02 Å². The number of aromatic nitrogens is 2. The lowest BCUT2D eigenvalue weighted by molar-refractivity contribution is 0.0950. The molecule has 0 unspecified atom stereocenters. The molecule has 0 radical (unpaired) electrons. The molecule has 1 N–H and O–H groups in total.